The fraction of sp³-hybridized carbons (Fsp3) is 0.455. The summed E-state index contributed by atoms with van der Waals surface area (Å²) in [5.74, 6) is -0.427. The third kappa shape index (κ3) is 1.94. The zero-order chi connectivity index (χ0) is 11.2. The first kappa shape index (κ1) is 10.7. The van der Waals surface area contributed by atoms with Gasteiger partial charge in [0.1, 0.15) is 11.6 Å². The molecule has 1 aliphatic carbocycles. The summed E-state index contributed by atoms with van der Waals surface area (Å²) in [5, 5.41) is 9.79. The molecule has 4 heteroatoms. The molecular weight excluding hydrogens is 217 g/mol. The monoisotopic (exact) mass is 229 g/mol. The van der Waals surface area contributed by atoms with E-state index in [0.717, 1.165) is 18.9 Å². The highest BCUT2D eigenvalue weighted by Crippen LogP contribution is 2.41. The Kier molecular flexibility index (Phi) is 2.40. The van der Waals surface area contributed by atoms with Crippen molar-refractivity contribution in [3.8, 4) is 5.75 Å². The molecule has 0 amide bonds. The van der Waals surface area contributed by atoms with E-state index in [4.69, 9.17) is 17.3 Å². The molecule has 1 fully saturated rings. The Morgan fingerprint density at radius 1 is 1.60 bits per heavy atom. The molecule has 0 aromatic heterocycles. The molecule has 0 radical (unpaired) electrons. The third-order valence-corrected chi connectivity index (χ3v) is 3.29. The molecule has 3 N–H and O–H groups in total. The maximum atomic E-state index is 13.4. The zero-order valence-electron chi connectivity index (χ0n) is 8.48. The predicted molar refractivity (Wildman–Crippen MR) is 57.7 cm³/mol. The second kappa shape index (κ2) is 3.35. The smallest absolute Gasteiger partial charge is 0.137 e. The summed E-state index contributed by atoms with van der Waals surface area (Å²) in [6, 6.07) is 1.13. The van der Waals surface area contributed by atoms with Crippen LogP contribution >= 0.6 is 11.6 Å². The van der Waals surface area contributed by atoms with E-state index in [9.17, 15) is 9.50 Å². The van der Waals surface area contributed by atoms with E-state index in [-0.39, 0.29) is 16.3 Å². The van der Waals surface area contributed by atoms with Crippen LogP contribution in [0.5, 0.6) is 5.75 Å². The summed E-state index contributed by atoms with van der Waals surface area (Å²) in [7, 11) is 0. The summed E-state index contributed by atoms with van der Waals surface area (Å²) in [6.07, 6.45) is 2.32. The molecule has 1 saturated carbocycles. The molecule has 0 aliphatic heterocycles. The van der Waals surface area contributed by atoms with Crippen LogP contribution in [0.1, 0.15) is 24.0 Å². The van der Waals surface area contributed by atoms with Gasteiger partial charge < -0.3 is 10.8 Å². The number of phenolic OH excluding ortho intramolecular Hbond substituents is 1. The standard InChI is InChI=1S/C11H13ClFNO/c1-6-7(5-11(14)2-3-11)10(15)8(12)4-9(6)13/h4,15H,2-3,5,14H2,1H3. The highest BCUT2D eigenvalue weighted by Gasteiger charge is 2.39. The number of benzene rings is 1. The molecule has 0 heterocycles. The molecule has 1 aromatic carbocycles. The van der Waals surface area contributed by atoms with Crippen molar-refractivity contribution < 1.29 is 9.50 Å². The summed E-state index contributed by atoms with van der Waals surface area (Å²) in [4.78, 5) is 0. The molecule has 0 spiro atoms. The lowest BCUT2D eigenvalue weighted by molar-refractivity contribution is 0.459. The van der Waals surface area contributed by atoms with E-state index in [1.807, 2.05) is 0 Å². The van der Waals surface area contributed by atoms with E-state index in [1.165, 1.54) is 0 Å². The van der Waals surface area contributed by atoms with Crippen molar-refractivity contribution >= 4 is 11.6 Å². The van der Waals surface area contributed by atoms with Crippen LogP contribution in [0.3, 0.4) is 0 Å². The first-order valence-corrected chi connectivity index (χ1v) is 5.26. The van der Waals surface area contributed by atoms with E-state index in [0.29, 0.717) is 17.5 Å². The van der Waals surface area contributed by atoms with Gasteiger partial charge in [0.15, 0.2) is 0 Å². The maximum Gasteiger partial charge on any atom is 0.137 e. The number of halogens is 2. The van der Waals surface area contributed by atoms with Crippen molar-refractivity contribution in [1.82, 2.24) is 0 Å². The topological polar surface area (TPSA) is 46.2 Å². The van der Waals surface area contributed by atoms with Gasteiger partial charge in [0.2, 0.25) is 0 Å². The average molecular weight is 230 g/mol. The minimum Gasteiger partial charge on any atom is -0.506 e. The summed E-state index contributed by atoms with van der Waals surface area (Å²) in [6.45, 7) is 1.63. The molecule has 82 valence electrons. The molecule has 1 aromatic rings. The number of phenols is 1. The van der Waals surface area contributed by atoms with Crippen molar-refractivity contribution in [2.75, 3.05) is 0 Å². The van der Waals surface area contributed by atoms with Crippen molar-refractivity contribution in [3.05, 3.63) is 28.0 Å². The first-order valence-electron chi connectivity index (χ1n) is 4.88. The number of nitrogens with two attached hydrogens (primary N) is 1. The van der Waals surface area contributed by atoms with Crippen molar-refractivity contribution in [2.24, 2.45) is 5.73 Å². The van der Waals surface area contributed by atoms with Crippen LogP contribution in [0.15, 0.2) is 6.07 Å². The molecule has 1 aliphatic rings. The quantitative estimate of drug-likeness (QED) is 0.819. The molecule has 15 heavy (non-hydrogen) atoms. The van der Waals surface area contributed by atoms with Crippen LogP contribution in [0.25, 0.3) is 0 Å². The molecule has 0 unspecified atom stereocenters. The van der Waals surface area contributed by atoms with Gasteiger partial charge >= 0.3 is 0 Å². The van der Waals surface area contributed by atoms with E-state index >= 15 is 0 Å². The zero-order valence-corrected chi connectivity index (χ0v) is 9.24. The summed E-state index contributed by atoms with van der Waals surface area (Å²) < 4.78 is 13.4. The summed E-state index contributed by atoms with van der Waals surface area (Å²) in [5.41, 5.74) is 6.66. The van der Waals surface area contributed by atoms with Crippen molar-refractivity contribution in [2.45, 2.75) is 31.7 Å². The minimum atomic E-state index is -0.392. The number of aromatic hydroxyl groups is 1. The van der Waals surface area contributed by atoms with Crippen LogP contribution in [-0.2, 0) is 6.42 Å². The van der Waals surface area contributed by atoms with Gasteiger partial charge in [0, 0.05) is 11.1 Å². The Morgan fingerprint density at radius 3 is 2.73 bits per heavy atom. The number of rotatable bonds is 2. The van der Waals surface area contributed by atoms with Gasteiger partial charge in [-0.15, -0.1) is 0 Å². The lowest BCUT2D eigenvalue weighted by atomic mass is 9.98. The molecular formula is C11H13ClFNO. The Hall–Kier alpha value is -0.800. The highest BCUT2D eigenvalue weighted by atomic mass is 35.5. The Morgan fingerprint density at radius 2 is 2.20 bits per heavy atom. The van der Waals surface area contributed by atoms with Gasteiger partial charge in [-0.1, -0.05) is 11.6 Å². The fourth-order valence-corrected chi connectivity index (χ4v) is 1.87. The van der Waals surface area contributed by atoms with Crippen LogP contribution in [0.4, 0.5) is 4.39 Å². The van der Waals surface area contributed by atoms with Crippen LogP contribution in [0, 0.1) is 12.7 Å². The summed E-state index contributed by atoms with van der Waals surface area (Å²) >= 11 is 5.71. The number of hydrogen-bond acceptors (Lipinski definition) is 2. The van der Waals surface area contributed by atoms with Crippen molar-refractivity contribution in [1.29, 1.82) is 0 Å². The highest BCUT2D eigenvalue weighted by molar-refractivity contribution is 6.32. The molecule has 0 atom stereocenters. The van der Waals surface area contributed by atoms with Crippen LogP contribution < -0.4 is 5.73 Å². The maximum absolute atomic E-state index is 13.4. The number of hydrogen-bond donors (Lipinski definition) is 2. The molecule has 0 bridgehead atoms. The largest absolute Gasteiger partial charge is 0.506 e. The van der Waals surface area contributed by atoms with E-state index in [2.05, 4.69) is 0 Å². The molecule has 2 nitrogen and oxygen atoms in total. The predicted octanol–water partition coefficient (Wildman–Crippen LogP) is 2.53. The Labute approximate surface area is 92.9 Å². The van der Waals surface area contributed by atoms with Gasteiger partial charge in [0.05, 0.1) is 5.02 Å². The lowest BCUT2D eigenvalue weighted by Crippen LogP contribution is -2.25. The van der Waals surface area contributed by atoms with Gasteiger partial charge in [-0.05, 0) is 37.8 Å². The minimum absolute atomic E-state index is 0.0349. The van der Waals surface area contributed by atoms with Gasteiger partial charge in [-0.3, -0.25) is 0 Å². The van der Waals surface area contributed by atoms with Crippen LogP contribution in [0.2, 0.25) is 5.02 Å². The van der Waals surface area contributed by atoms with E-state index < -0.39 is 5.82 Å². The second-order valence-corrected chi connectivity index (χ2v) is 4.74. The second-order valence-electron chi connectivity index (χ2n) is 4.33. The lowest BCUT2D eigenvalue weighted by Gasteiger charge is -2.14. The Balaban J connectivity index is 2.44. The normalized spacial score (nSPS) is 17.9. The van der Waals surface area contributed by atoms with Crippen LogP contribution in [-0.4, -0.2) is 10.6 Å². The van der Waals surface area contributed by atoms with Gasteiger partial charge in [-0.2, -0.15) is 0 Å². The average Bonchev–Trinajstić information content (AvgIpc) is 2.89. The van der Waals surface area contributed by atoms with E-state index in [1.54, 1.807) is 6.92 Å². The van der Waals surface area contributed by atoms with Crippen molar-refractivity contribution in [3.63, 3.8) is 0 Å². The SMILES string of the molecule is Cc1c(F)cc(Cl)c(O)c1CC1(N)CC1. The van der Waals surface area contributed by atoms with Gasteiger partial charge in [-0.25, -0.2) is 4.39 Å². The Bertz CT molecular complexity index is 389. The molecule has 0 saturated heterocycles. The third-order valence-electron chi connectivity index (χ3n) is 3.00. The fourth-order valence-electron chi connectivity index (χ4n) is 1.66. The molecule has 2 rings (SSSR count). The first-order chi connectivity index (χ1) is 6.93. The van der Waals surface area contributed by atoms with Gasteiger partial charge in [0.25, 0.3) is 0 Å².